The summed E-state index contributed by atoms with van der Waals surface area (Å²) in [6.45, 7) is 1.17. The zero-order valence-electron chi connectivity index (χ0n) is 17.9. The van der Waals surface area contributed by atoms with Gasteiger partial charge in [-0.15, -0.1) is 11.3 Å². The van der Waals surface area contributed by atoms with Crippen molar-refractivity contribution >= 4 is 39.4 Å². The highest BCUT2D eigenvalue weighted by atomic mass is 32.1. The molecule has 0 unspecified atom stereocenters. The second kappa shape index (κ2) is 9.18. The Kier molecular flexibility index (Phi) is 5.78. The molecule has 4 N–H and O–H groups in total. The van der Waals surface area contributed by atoms with Crippen molar-refractivity contribution in [2.45, 2.75) is 6.54 Å². The highest BCUT2D eigenvalue weighted by molar-refractivity contribution is 7.15. The lowest BCUT2D eigenvalue weighted by molar-refractivity contribution is 0.251. The van der Waals surface area contributed by atoms with Gasteiger partial charge in [0.05, 0.1) is 11.9 Å². The van der Waals surface area contributed by atoms with E-state index in [0.717, 1.165) is 44.3 Å². The molecular weight excluding hydrogens is 430 g/mol. The van der Waals surface area contributed by atoms with E-state index in [1.807, 2.05) is 79.0 Å². The quantitative estimate of drug-likeness (QED) is 0.368. The largest absolute Gasteiger partial charge is 0.398 e. The summed E-state index contributed by atoms with van der Waals surface area (Å²) in [5, 5.41) is 9.04. The number of amides is 2. The van der Waals surface area contributed by atoms with Crippen LogP contribution in [0.2, 0.25) is 0 Å². The molecule has 1 aliphatic heterocycles. The third-order valence-electron chi connectivity index (χ3n) is 5.48. The number of rotatable bonds is 5. The molecule has 164 valence electrons. The Morgan fingerprint density at radius 2 is 1.97 bits per heavy atom. The van der Waals surface area contributed by atoms with E-state index >= 15 is 0 Å². The van der Waals surface area contributed by atoms with E-state index in [4.69, 9.17) is 5.73 Å². The van der Waals surface area contributed by atoms with E-state index in [1.54, 1.807) is 17.5 Å². The van der Waals surface area contributed by atoms with Gasteiger partial charge in [-0.05, 0) is 41.5 Å². The van der Waals surface area contributed by atoms with Gasteiger partial charge in [-0.1, -0.05) is 42.5 Å². The molecule has 4 aromatic rings. The lowest BCUT2D eigenvalue weighted by atomic mass is 9.99. The average molecular weight is 454 g/mol. The molecule has 0 bridgehead atoms. The normalized spacial score (nSPS) is 12.6. The molecule has 0 aliphatic carbocycles. The number of hydrogen-bond acceptors (Lipinski definition) is 5. The number of benzene rings is 2. The van der Waals surface area contributed by atoms with Crippen LogP contribution in [0.4, 0.5) is 21.2 Å². The maximum Gasteiger partial charge on any atom is 0.319 e. The van der Waals surface area contributed by atoms with Crippen molar-refractivity contribution in [3.05, 3.63) is 102 Å². The Bertz CT molecular complexity index is 1300. The Hall–Kier alpha value is -4.10. The van der Waals surface area contributed by atoms with Crippen LogP contribution in [-0.4, -0.2) is 17.6 Å². The van der Waals surface area contributed by atoms with Crippen LogP contribution in [-0.2, 0) is 6.54 Å². The molecule has 7 heteroatoms. The van der Waals surface area contributed by atoms with Crippen LogP contribution in [0.25, 0.3) is 16.8 Å². The monoisotopic (exact) mass is 453 g/mol. The third kappa shape index (κ3) is 4.44. The summed E-state index contributed by atoms with van der Waals surface area (Å²) in [5.74, 6) is 0. The van der Waals surface area contributed by atoms with Crippen LogP contribution in [0.1, 0.15) is 11.1 Å². The van der Waals surface area contributed by atoms with Crippen molar-refractivity contribution in [3.63, 3.8) is 0 Å². The molecule has 0 radical (unpaired) electrons. The molecule has 5 rings (SSSR count). The summed E-state index contributed by atoms with van der Waals surface area (Å²) in [7, 11) is 0. The van der Waals surface area contributed by atoms with Crippen molar-refractivity contribution < 1.29 is 4.79 Å². The van der Waals surface area contributed by atoms with Gasteiger partial charge in [-0.3, -0.25) is 4.98 Å². The van der Waals surface area contributed by atoms with Gasteiger partial charge >= 0.3 is 6.03 Å². The fraction of sp³-hybridized carbons (Fsp3) is 0.0769. The van der Waals surface area contributed by atoms with Gasteiger partial charge in [0.25, 0.3) is 0 Å². The van der Waals surface area contributed by atoms with Crippen LogP contribution < -0.4 is 21.3 Å². The van der Waals surface area contributed by atoms with E-state index in [-0.39, 0.29) is 6.03 Å². The van der Waals surface area contributed by atoms with Crippen molar-refractivity contribution in [3.8, 4) is 11.1 Å². The van der Waals surface area contributed by atoms with Crippen LogP contribution >= 0.6 is 11.3 Å². The first-order valence-electron chi connectivity index (χ1n) is 10.6. The first-order chi connectivity index (χ1) is 16.2. The van der Waals surface area contributed by atoms with Crippen LogP contribution in [0, 0.1) is 0 Å². The minimum atomic E-state index is -0.245. The van der Waals surface area contributed by atoms with Gasteiger partial charge < -0.3 is 21.3 Å². The number of pyridine rings is 1. The lowest BCUT2D eigenvalue weighted by Crippen LogP contribution is -2.28. The van der Waals surface area contributed by atoms with Gasteiger partial charge in [0.1, 0.15) is 5.00 Å². The van der Waals surface area contributed by atoms with E-state index in [2.05, 4.69) is 25.9 Å². The Balaban J connectivity index is 1.37. The molecule has 0 atom stereocenters. The molecule has 2 aromatic heterocycles. The second-order valence-electron chi connectivity index (χ2n) is 7.68. The number of urea groups is 1. The molecule has 3 heterocycles. The molecule has 0 spiro atoms. The lowest BCUT2D eigenvalue weighted by Gasteiger charge is -2.27. The number of anilines is 3. The summed E-state index contributed by atoms with van der Waals surface area (Å²) < 4.78 is 0. The number of carbonyl (C=O) groups is 1. The predicted molar refractivity (Wildman–Crippen MR) is 135 cm³/mol. The Labute approximate surface area is 196 Å². The zero-order valence-corrected chi connectivity index (χ0v) is 18.7. The zero-order chi connectivity index (χ0) is 22.6. The Morgan fingerprint density at radius 3 is 2.79 bits per heavy atom. The number of nitrogens with zero attached hydrogens (tertiary/aromatic N) is 2. The maximum absolute atomic E-state index is 12.4. The minimum absolute atomic E-state index is 0.245. The number of carbonyl (C=O) groups excluding carboxylic acids is 1. The molecular formula is C26H23N5OS. The predicted octanol–water partition coefficient (Wildman–Crippen LogP) is 5.58. The summed E-state index contributed by atoms with van der Waals surface area (Å²) in [6, 6.07) is 21.4. The fourth-order valence-electron chi connectivity index (χ4n) is 3.87. The first-order valence-corrected chi connectivity index (χ1v) is 11.5. The van der Waals surface area contributed by atoms with Gasteiger partial charge in [0.2, 0.25) is 0 Å². The van der Waals surface area contributed by atoms with Gasteiger partial charge in [0, 0.05) is 47.2 Å². The third-order valence-corrected chi connectivity index (χ3v) is 6.49. The second-order valence-corrected chi connectivity index (χ2v) is 8.54. The molecule has 33 heavy (non-hydrogen) atoms. The average Bonchev–Trinajstić information content (AvgIpc) is 3.31. The molecule has 6 nitrogen and oxygen atoms in total. The van der Waals surface area contributed by atoms with E-state index in [1.165, 1.54) is 0 Å². The van der Waals surface area contributed by atoms with E-state index in [9.17, 15) is 4.79 Å². The van der Waals surface area contributed by atoms with Crippen LogP contribution in [0.3, 0.4) is 0 Å². The van der Waals surface area contributed by atoms with Crippen molar-refractivity contribution in [1.82, 2.24) is 10.3 Å². The molecule has 1 aliphatic rings. The molecule has 2 amide bonds. The topological polar surface area (TPSA) is 83.3 Å². The van der Waals surface area contributed by atoms with E-state index < -0.39 is 0 Å². The summed E-state index contributed by atoms with van der Waals surface area (Å²) >= 11 is 1.66. The highest BCUT2D eigenvalue weighted by Gasteiger charge is 2.24. The van der Waals surface area contributed by atoms with Crippen molar-refractivity contribution in [2.75, 3.05) is 16.8 Å². The number of fused-ring (bicyclic) bond motifs is 1. The van der Waals surface area contributed by atoms with Crippen LogP contribution in [0.15, 0.2) is 90.6 Å². The number of nitrogens with one attached hydrogen (secondary N) is 2. The molecule has 0 saturated carbocycles. The number of nitrogens with two attached hydrogens (primary N) is 1. The fourth-order valence-corrected chi connectivity index (χ4v) is 5.00. The summed E-state index contributed by atoms with van der Waals surface area (Å²) in [4.78, 5) is 18.9. The SMILES string of the molecule is NC1=CCN(c2cccnc2)c2scc(-c3cccc(NC(=O)NCc4ccccc4)c3)c21. The summed E-state index contributed by atoms with van der Waals surface area (Å²) in [6.07, 6.45) is 5.66. The maximum atomic E-state index is 12.4. The number of aromatic nitrogens is 1. The smallest absolute Gasteiger partial charge is 0.319 e. The van der Waals surface area contributed by atoms with Crippen molar-refractivity contribution in [1.29, 1.82) is 0 Å². The van der Waals surface area contributed by atoms with E-state index in [0.29, 0.717) is 13.1 Å². The minimum Gasteiger partial charge on any atom is -0.398 e. The molecule has 0 fully saturated rings. The van der Waals surface area contributed by atoms with Gasteiger partial charge in [-0.2, -0.15) is 0 Å². The van der Waals surface area contributed by atoms with Crippen LogP contribution in [0.5, 0.6) is 0 Å². The van der Waals surface area contributed by atoms with Gasteiger partial charge in [-0.25, -0.2) is 4.79 Å². The number of thiophene rings is 1. The highest BCUT2D eigenvalue weighted by Crippen LogP contribution is 2.45. The summed E-state index contributed by atoms with van der Waals surface area (Å²) in [5.41, 5.74) is 13.1. The molecule has 2 aromatic carbocycles. The first kappa shape index (κ1) is 20.8. The van der Waals surface area contributed by atoms with Crippen molar-refractivity contribution in [2.24, 2.45) is 5.73 Å². The number of hydrogen-bond donors (Lipinski definition) is 3. The molecule has 0 saturated heterocycles. The Morgan fingerprint density at radius 1 is 1.09 bits per heavy atom. The standard InChI is InChI=1S/C26H23N5OS/c27-23-11-13-31(21-10-5-12-28-16-21)25-24(23)22(17-33-25)19-8-4-9-20(14-19)30-26(32)29-15-18-6-2-1-3-7-18/h1-12,14,16-17H,13,15,27H2,(H2,29,30,32). The van der Waals surface area contributed by atoms with Gasteiger partial charge in [0.15, 0.2) is 0 Å².